The van der Waals surface area contributed by atoms with Gasteiger partial charge in [0.25, 0.3) is 0 Å². The Labute approximate surface area is 94.0 Å². The molecule has 6 heteroatoms. The lowest BCUT2D eigenvalue weighted by Crippen LogP contribution is -2.18. The zero-order valence-electron chi connectivity index (χ0n) is 9.18. The fourth-order valence-electron chi connectivity index (χ4n) is 1.99. The molecule has 84 valence electrons. The summed E-state index contributed by atoms with van der Waals surface area (Å²) in [5.41, 5.74) is 0. The molecule has 1 heterocycles. The van der Waals surface area contributed by atoms with Crippen LogP contribution in [0.15, 0.2) is 0 Å². The summed E-state index contributed by atoms with van der Waals surface area (Å²) in [4.78, 5) is 0. The number of rotatable bonds is 4. The van der Waals surface area contributed by atoms with E-state index in [4.69, 9.17) is 0 Å². The minimum atomic E-state index is 0.541. The zero-order valence-corrected chi connectivity index (χ0v) is 10.00. The summed E-state index contributed by atoms with van der Waals surface area (Å²) < 4.78 is 1.68. The number of aryl methyl sites for hydroxylation is 1. The van der Waals surface area contributed by atoms with Crippen molar-refractivity contribution in [3.63, 3.8) is 0 Å². The van der Waals surface area contributed by atoms with Crippen LogP contribution in [-0.2, 0) is 7.05 Å². The molecule has 0 aliphatic heterocycles. The van der Waals surface area contributed by atoms with Crippen molar-refractivity contribution in [2.75, 3.05) is 11.1 Å². The van der Waals surface area contributed by atoms with E-state index in [1.165, 1.54) is 25.0 Å². The molecule has 1 aliphatic rings. The highest BCUT2D eigenvalue weighted by Gasteiger charge is 2.25. The first-order chi connectivity index (χ1) is 7.29. The van der Waals surface area contributed by atoms with Gasteiger partial charge >= 0.3 is 0 Å². The highest BCUT2D eigenvalue weighted by atomic mass is 32.2. The molecule has 2 rings (SSSR count). The maximum atomic E-state index is 3.93. The van der Waals surface area contributed by atoms with E-state index in [9.17, 15) is 0 Å². The van der Waals surface area contributed by atoms with Crippen LogP contribution in [0.5, 0.6) is 0 Å². The smallest absolute Gasteiger partial charge is 0.242 e. The number of aromatic nitrogens is 4. The minimum absolute atomic E-state index is 0.541. The fraction of sp³-hybridized carbons (Fsp3) is 0.889. The third kappa shape index (κ3) is 2.62. The lowest BCUT2D eigenvalue weighted by molar-refractivity contribution is 0.691. The molecule has 0 saturated heterocycles. The molecule has 0 spiro atoms. The summed E-state index contributed by atoms with van der Waals surface area (Å²) in [6.07, 6.45) is 3.76. The summed E-state index contributed by atoms with van der Waals surface area (Å²) in [5, 5.41) is 15.6. The Bertz CT molecular complexity index is 313. The second kappa shape index (κ2) is 4.83. The van der Waals surface area contributed by atoms with E-state index in [1.807, 2.05) is 7.05 Å². The van der Waals surface area contributed by atoms with Crippen LogP contribution in [0.25, 0.3) is 0 Å². The summed E-state index contributed by atoms with van der Waals surface area (Å²) >= 11 is 2.06. The maximum Gasteiger partial charge on any atom is 0.242 e. The van der Waals surface area contributed by atoms with E-state index in [0.29, 0.717) is 6.04 Å². The number of hydrogen-bond donors (Lipinski definition) is 1. The van der Waals surface area contributed by atoms with Gasteiger partial charge in [-0.15, -0.1) is 0 Å². The zero-order chi connectivity index (χ0) is 10.7. The normalized spacial score (nSPS) is 25.7. The second-order valence-corrected chi connectivity index (χ2v) is 5.44. The summed E-state index contributed by atoms with van der Waals surface area (Å²) in [6, 6.07) is 0.541. The number of hydrogen-bond acceptors (Lipinski definition) is 5. The fourth-order valence-corrected chi connectivity index (χ4v) is 3.14. The second-order valence-electron chi connectivity index (χ2n) is 3.86. The number of thioether (sulfide) groups is 1. The molecule has 2 atom stereocenters. The molecule has 0 amide bonds. The third-order valence-electron chi connectivity index (χ3n) is 2.74. The van der Waals surface area contributed by atoms with Crippen LogP contribution < -0.4 is 5.32 Å². The quantitative estimate of drug-likeness (QED) is 0.840. The average molecular weight is 227 g/mol. The van der Waals surface area contributed by atoms with Gasteiger partial charge in [-0.05, 0) is 35.4 Å². The first-order valence-corrected chi connectivity index (χ1v) is 6.45. The van der Waals surface area contributed by atoms with Crippen molar-refractivity contribution < 1.29 is 0 Å². The van der Waals surface area contributed by atoms with Gasteiger partial charge in [0.15, 0.2) is 0 Å². The van der Waals surface area contributed by atoms with Gasteiger partial charge < -0.3 is 5.32 Å². The molecule has 1 aromatic heterocycles. The molecule has 1 N–H and O–H groups in total. The summed E-state index contributed by atoms with van der Waals surface area (Å²) in [7, 11) is 1.86. The number of tetrazole rings is 1. The Morgan fingerprint density at radius 2 is 2.40 bits per heavy atom. The molecule has 0 aromatic carbocycles. The Kier molecular flexibility index (Phi) is 3.45. The van der Waals surface area contributed by atoms with Gasteiger partial charge in [-0.1, -0.05) is 12.0 Å². The van der Waals surface area contributed by atoms with Gasteiger partial charge in [-0.25, -0.2) is 4.68 Å². The molecule has 2 unspecified atom stereocenters. The van der Waals surface area contributed by atoms with Gasteiger partial charge in [0.1, 0.15) is 0 Å². The first-order valence-electron chi connectivity index (χ1n) is 5.40. The molecule has 15 heavy (non-hydrogen) atoms. The Hall–Kier alpha value is -0.780. The molecular weight excluding hydrogens is 210 g/mol. The van der Waals surface area contributed by atoms with Crippen molar-refractivity contribution in [1.29, 1.82) is 0 Å². The van der Waals surface area contributed by atoms with E-state index >= 15 is 0 Å². The number of nitrogens with one attached hydrogen (secondary N) is 1. The van der Waals surface area contributed by atoms with Crippen LogP contribution in [0.1, 0.15) is 26.2 Å². The van der Waals surface area contributed by atoms with E-state index in [-0.39, 0.29) is 0 Å². The third-order valence-corrected chi connectivity index (χ3v) is 3.97. The molecule has 0 radical (unpaired) electrons. The highest BCUT2D eigenvalue weighted by Crippen LogP contribution is 2.30. The van der Waals surface area contributed by atoms with Gasteiger partial charge in [-0.2, -0.15) is 11.8 Å². The van der Waals surface area contributed by atoms with Crippen LogP contribution in [0, 0.1) is 0 Å². The molecule has 1 saturated carbocycles. The van der Waals surface area contributed by atoms with Crippen molar-refractivity contribution in [3.8, 4) is 0 Å². The van der Waals surface area contributed by atoms with E-state index < -0.39 is 0 Å². The summed E-state index contributed by atoms with van der Waals surface area (Å²) in [6.45, 7) is 2.22. The average Bonchev–Trinajstić information content (AvgIpc) is 2.79. The van der Waals surface area contributed by atoms with Crippen LogP contribution in [0.4, 0.5) is 5.95 Å². The van der Waals surface area contributed by atoms with Gasteiger partial charge in [0.05, 0.1) is 0 Å². The van der Waals surface area contributed by atoms with E-state index in [0.717, 1.165) is 11.2 Å². The standard InChI is InChI=1S/C9H17N5S/c1-3-15-8-5-4-7(6-8)10-9-11-12-13-14(9)2/h7-8H,3-6H2,1-2H3,(H,10,11,13). The van der Waals surface area contributed by atoms with Gasteiger partial charge in [0.2, 0.25) is 5.95 Å². The van der Waals surface area contributed by atoms with Crippen molar-refractivity contribution in [2.24, 2.45) is 7.05 Å². The van der Waals surface area contributed by atoms with Gasteiger partial charge in [-0.3, -0.25) is 0 Å². The van der Waals surface area contributed by atoms with E-state index in [1.54, 1.807) is 4.68 Å². The maximum absolute atomic E-state index is 3.93. The molecule has 1 aromatic rings. The Balaban J connectivity index is 1.85. The summed E-state index contributed by atoms with van der Waals surface area (Å²) in [5.74, 6) is 1.99. The Morgan fingerprint density at radius 1 is 1.53 bits per heavy atom. The lowest BCUT2D eigenvalue weighted by Gasteiger charge is -2.12. The van der Waals surface area contributed by atoms with Crippen LogP contribution in [0.3, 0.4) is 0 Å². The number of nitrogens with zero attached hydrogens (tertiary/aromatic N) is 4. The lowest BCUT2D eigenvalue weighted by atomic mass is 10.2. The molecule has 1 fully saturated rings. The van der Waals surface area contributed by atoms with Gasteiger partial charge in [0, 0.05) is 18.3 Å². The van der Waals surface area contributed by atoms with Crippen LogP contribution >= 0.6 is 11.8 Å². The van der Waals surface area contributed by atoms with Crippen molar-refractivity contribution >= 4 is 17.7 Å². The number of anilines is 1. The molecule has 5 nitrogen and oxygen atoms in total. The molecule has 1 aliphatic carbocycles. The Morgan fingerprint density at radius 3 is 3.07 bits per heavy atom. The first kappa shape index (κ1) is 10.7. The minimum Gasteiger partial charge on any atom is -0.350 e. The van der Waals surface area contributed by atoms with Crippen molar-refractivity contribution in [1.82, 2.24) is 20.2 Å². The van der Waals surface area contributed by atoms with E-state index in [2.05, 4.69) is 39.5 Å². The highest BCUT2D eigenvalue weighted by molar-refractivity contribution is 7.99. The van der Waals surface area contributed by atoms with Crippen molar-refractivity contribution in [2.45, 2.75) is 37.5 Å². The SMILES string of the molecule is CCSC1CCC(Nc2nnnn2C)C1. The largest absolute Gasteiger partial charge is 0.350 e. The van der Waals surface area contributed by atoms with Crippen LogP contribution in [-0.4, -0.2) is 37.3 Å². The van der Waals surface area contributed by atoms with Crippen molar-refractivity contribution in [3.05, 3.63) is 0 Å². The monoisotopic (exact) mass is 227 g/mol. The topological polar surface area (TPSA) is 55.6 Å². The molecule has 0 bridgehead atoms. The predicted molar refractivity (Wildman–Crippen MR) is 62.0 cm³/mol. The predicted octanol–water partition coefficient (Wildman–Crippen LogP) is 1.30. The molecular formula is C9H17N5S. The van der Waals surface area contributed by atoms with Crippen LogP contribution in [0.2, 0.25) is 0 Å².